The van der Waals surface area contributed by atoms with Crippen LogP contribution in [-0.4, -0.2) is 105 Å². The summed E-state index contributed by atoms with van der Waals surface area (Å²) in [7, 11) is 1.57. The molecule has 1 saturated heterocycles. The van der Waals surface area contributed by atoms with Crippen molar-refractivity contribution in [2.75, 3.05) is 33.3 Å². The first-order valence-corrected chi connectivity index (χ1v) is 19.8. The third-order valence-electron chi connectivity index (χ3n) is 10.6. The first-order chi connectivity index (χ1) is 27.7. The number of aliphatic hydroxyl groups is 1. The van der Waals surface area contributed by atoms with E-state index in [0.717, 1.165) is 27.6 Å². The lowest BCUT2D eigenvalue weighted by Gasteiger charge is -2.35. The van der Waals surface area contributed by atoms with Gasteiger partial charge in [0, 0.05) is 57.3 Å². The lowest BCUT2D eigenvalue weighted by Crippen LogP contribution is -2.58. The number of methoxy groups -OCH3 is 1. The fraction of sp³-hybridized carbons (Fsp3) is 0.432. The van der Waals surface area contributed by atoms with E-state index >= 15 is 0 Å². The largest absolute Gasteiger partial charge is 0.497 e. The van der Waals surface area contributed by atoms with Crippen LogP contribution in [-0.2, 0) is 29.1 Å². The highest BCUT2D eigenvalue weighted by atomic mass is 16.5. The molecular formula is C44H57N7O7. The van der Waals surface area contributed by atoms with E-state index < -0.39 is 29.7 Å². The Bertz CT molecular complexity index is 2000. The number of nitrogens with zero attached hydrogens (tertiary/aromatic N) is 4. The lowest BCUT2D eigenvalue weighted by molar-refractivity contribution is -0.131. The minimum atomic E-state index is -1.18. The van der Waals surface area contributed by atoms with Gasteiger partial charge in [-0.1, -0.05) is 94.8 Å². The second-order valence-corrected chi connectivity index (χ2v) is 15.9. The minimum absolute atomic E-state index is 0.00150. The van der Waals surface area contributed by atoms with E-state index in [0.29, 0.717) is 31.8 Å². The summed E-state index contributed by atoms with van der Waals surface area (Å²) in [5, 5.41) is 29.2. The smallest absolute Gasteiger partial charge is 0.404 e. The zero-order valence-electron chi connectivity index (χ0n) is 34.1. The molecule has 1 fully saturated rings. The second kappa shape index (κ2) is 20.1. The van der Waals surface area contributed by atoms with Crippen LogP contribution >= 0.6 is 0 Å². The van der Waals surface area contributed by atoms with Crippen molar-refractivity contribution < 1.29 is 34.1 Å². The van der Waals surface area contributed by atoms with E-state index in [1.165, 1.54) is 0 Å². The topological polar surface area (TPSA) is 177 Å². The van der Waals surface area contributed by atoms with Gasteiger partial charge in [0.05, 0.1) is 24.8 Å². The molecule has 0 spiro atoms. The van der Waals surface area contributed by atoms with E-state index in [4.69, 9.17) is 9.84 Å². The van der Waals surface area contributed by atoms with Gasteiger partial charge < -0.3 is 35.4 Å². The highest BCUT2D eigenvalue weighted by Gasteiger charge is 2.41. The van der Waals surface area contributed by atoms with Gasteiger partial charge in [0.15, 0.2) is 0 Å². The van der Waals surface area contributed by atoms with Crippen molar-refractivity contribution >= 4 is 34.8 Å². The number of ether oxygens (including phenoxy) is 1. The SMILES string of the molecule is CC[C@H](C)[C@@H](C(=O)N[C@@H](Cc1ccccc1)[C@@H](O)CN(Cc1ccc(OC)cc1)NC(=O)CC(C)(C)CNC(=O)O)N1CCN(Cc2cnc3ccccc3c2)C1=O. The molecule has 2 heterocycles. The number of fused-ring (bicyclic) bond motifs is 1. The number of pyridine rings is 1. The number of carbonyl (C=O) groups excluding carboxylic acids is 3. The highest BCUT2D eigenvalue weighted by molar-refractivity contribution is 5.88. The monoisotopic (exact) mass is 795 g/mol. The summed E-state index contributed by atoms with van der Waals surface area (Å²) in [4.78, 5) is 61.0. The summed E-state index contributed by atoms with van der Waals surface area (Å²) in [6.07, 6.45) is 0.362. The van der Waals surface area contributed by atoms with Gasteiger partial charge >= 0.3 is 12.1 Å². The summed E-state index contributed by atoms with van der Waals surface area (Å²) < 4.78 is 5.32. The Hall–Kier alpha value is -5.73. The van der Waals surface area contributed by atoms with Crippen molar-refractivity contribution in [3.05, 3.63) is 108 Å². The standard InChI is InChI=1S/C44H57N7O7/c1-6-30(2)40(51-21-20-49(43(51)57)26-33-22-34-14-10-11-15-36(34)45-25-33)41(54)47-37(23-31-12-8-7-9-13-31)38(52)28-50(27-32-16-18-35(58-5)19-17-32)48-39(53)24-44(3,4)29-46-42(55)56/h7-19,22,25,30,37-38,40,46,52H,6,20-21,23-24,26-29H2,1-5H3,(H,47,54)(H,48,53)(H,55,56)/t30-,37-,38-,40-/m0/s1. The number of hydrazine groups is 1. The molecule has 14 heteroatoms. The Morgan fingerprint density at radius 3 is 2.36 bits per heavy atom. The van der Waals surface area contributed by atoms with Crippen LogP contribution in [0.2, 0.25) is 0 Å². The number of benzene rings is 3. The third kappa shape index (κ3) is 12.1. The number of aliphatic hydroxyl groups excluding tert-OH is 1. The molecule has 310 valence electrons. The molecule has 1 aliphatic heterocycles. The van der Waals surface area contributed by atoms with Crippen molar-refractivity contribution in [2.45, 2.75) is 78.2 Å². The normalized spacial score (nSPS) is 15.2. The molecule has 4 aromatic rings. The van der Waals surface area contributed by atoms with Crippen molar-refractivity contribution in [1.29, 1.82) is 0 Å². The number of hydrogen-bond acceptors (Lipinski definition) is 8. The van der Waals surface area contributed by atoms with Crippen LogP contribution in [0.1, 0.15) is 57.2 Å². The van der Waals surface area contributed by atoms with Gasteiger partial charge in [-0.05, 0) is 58.7 Å². The maximum atomic E-state index is 14.5. The van der Waals surface area contributed by atoms with Crippen molar-refractivity contribution in [3.8, 4) is 5.75 Å². The van der Waals surface area contributed by atoms with Gasteiger partial charge in [0.2, 0.25) is 11.8 Å². The van der Waals surface area contributed by atoms with Gasteiger partial charge in [0.25, 0.3) is 0 Å². The lowest BCUT2D eigenvalue weighted by atomic mass is 9.89. The molecule has 0 bridgehead atoms. The molecule has 0 saturated carbocycles. The van der Waals surface area contributed by atoms with Crippen LogP contribution in [0, 0.1) is 11.3 Å². The van der Waals surface area contributed by atoms with Crippen LogP contribution in [0.3, 0.4) is 0 Å². The van der Waals surface area contributed by atoms with E-state index in [9.17, 15) is 24.3 Å². The van der Waals surface area contributed by atoms with Gasteiger partial charge in [-0.25, -0.2) is 14.6 Å². The average Bonchev–Trinajstić information content (AvgIpc) is 3.55. The first kappa shape index (κ1) is 43.4. The Balaban J connectivity index is 1.35. The fourth-order valence-corrected chi connectivity index (χ4v) is 7.26. The Morgan fingerprint density at radius 1 is 0.966 bits per heavy atom. The molecule has 0 radical (unpaired) electrons. The maximum absolute atomic E-state index is 14.5. The van der Waals surface area contributed by atoms with E-state index in [1.807, 2.05) is 86.6 Å². The van der Waals surface area contributed by atoms with Crippen molar-refractivity contribution in [2.24, 2.45) is 11.3 Å². The third-order valence-corrected chi connectivity index (χ3v) is 10.6. The fourth-order valence-electron chi connectivity index (χ4n) is 7.26. The second-order valence-electron chi connectivity index (χ2n) is 15.9. The van der Waals surface area contributed by atoms with E-state index in [2.05, 4.69) is 21.0 Å². The summed E-state index contributed by atoms with van der Waals surface area (Å²) in [5.74, 6) is -0.255. The summed E-state index contributed by atoms with van der Waals surface area (Å²) in [5.41, 5.74) is 5.72. The van der Waals surface area contributed by atoms with Gasteiger partial charge in [-0.2, -0.15) is 0 Å². The van der Waals surface area contributed by atoms with Gasteiger partial charge in [-0.3, -0.25) is 20.0 Å². The van der Waals surface area contributed by atoms with Crippen LogP contribution < -0.4 is 20.8 Å². The predicted molar refractivity (Wildman–Crippen MR) is 222 cm³/mol. The molecule has 4 atom stereocenters. The zero-order chi connectivity index (χ0) is 41.8. The highest BCUT2D eigenvalue weighted by Crippen LogP contribution is 2.24. The molecule has 14 nitrogen and oxygen atoms in total. The molecule has 5 amide bonds. The molecular weight excluding hydrogens is 739 g/mol. The summed E-state index contributed by atoms with van der Waals surface area (Å²) in [6, 6.07) is 24.9. The van der Waals surface area contributed by atoms with Crippen LogP contribution in [0.15, 0.2) is 91.1 Å². The number of carbonyl (C=O) groups is 4. The van der Waals surface area contributed by atoms with Gasteiger partial charge in [0.1, 0.15) is 11.8 Å². The number of hydrogen-bond donors (Lipinski definition) is 5. The Labute approximate surface area is 340 Å². The maximum Gasteiger partial charge on any atom is 0.404 e. The van der Waals surface area contributed by atoms with Crippen molar-refractivity contribution in [3.63, 3.8) is 0 Å². The number of nitrogens with one attached hydrogen (secondary N) is 3. The molecule has 0 unspecified atom stereocenters. The first-order valence-electron chi connectivity index (χ1n) is 19.8. The number of carboxylic acid groups (broad SMARTS) is 1. The van der Waals surface area contributed by atoms with E-state index in [-0.39, 0.29) is 56.2 Å². The molecule has 5 rings (SSSR count). The van der Waals surface area contributed by atoms with Crippen LogP contribution in [0.25, 0.3) is 10.9 Å². The molecule has 58 heavy (non-hydrogen) atoms. The molecule has 1 aliphatic rings. The molecule has 0 aliphatic carbocycles. The summed E-state index contributed by atoms with van der Waals surface area (Å²) >= 11 is 0. The molecule has 3 aromatic carbocycles. The number of para-hydroxylation sites is 1. The van der Waals surface area contributed by atoms with Crippen LogP contribution in [0.5, 0.6) is 5.75 Å². The minimum Gasteiger partial charge on any atom is -0.497 e. The number of rotatable bonds is 20. The van der Waals surface area contributed by atoms with Crippen LogP contribution in [0.4, 0.5) is 9.59 Å². The van der Waals surface area contributed by atoms with Crippen molar-refractivity contribution in [1.82, 2.24) is 35.9 Å². The quantitative estimate of drug-likeness (QED) is 0.0753. The Kier molecular flexibility index (Phi) is 15.0. The summed E-state index contributed by atoms with van der Waals surface area (Å²) in [6.45, 7) is 8.91. The number of urea groups is 1. The number of amides is 5. The zero-order valence-corrected chi connectivity index (χ0v) is 34.1. The van der Waals surface area contributed by atoms with E-state index in [1.54, 1.807) is 54.1 Å². The Morgan fingerprint density at radius 2 is 1.67 bits per heavy atom. The molecule has 5 N–H and O–H groups in total. The molecule has 1 aromatic heterocycles. The van der Waals surface area contributed by atoms with Gasteiger partial charge in [-0.15, -0.1) is 0 Å². The average molecular weight is 796 g/mol. The predicted octanol–water partition coefficient (Wildman–Crippen LogP) is 5.20. The number of aromatic nitrogens is 1.